The van der Waals surface area contributed by atoms with Gasteiger partial charge in [0.15, 0.2) is 0 Å². The molecule has 0 bridgehead atoms. The molecule has 0 saturated heterocycles. The summed E-state index contributed by atoms with van der Waals surface area (Å²) < 4.78 is 4.61. The summed E-state index contributed by atoms with van der Waals surface area (Å²) in [4.78, 5) is 14.2. The van der Waals surface area contributed by atoms with Crippen LogP contribution in [0.15, 0.2) is 24.4 Å². The van der Waals surface area contributed by atoms with E-state index in [-0.39, 0.29) is 5.97 Å². The molecule has 4 heteroatoms. The monoisotopic (exact) mass is 218 g/mol. The van der Waals surface area contributed by atoms with Gasteiger partial charge in [0.25, 0.3) is 0 Å². The van der Waals surface area contributed by atoms with Crippen molar-refractivity contribution >= 4 is 22.6 Å². The Morgan fingerprint density at radius 1 is 1.50 bits per heavy atom. The lowest BCUT2D eigenvalue weighted by Gasteiger charge is -1.99. The van der Waals surface area contributed by atoms with Crippen LogP contribution in [0.2, 0.25) is 0 Å². The first-order chi connectivity index (χ1) is 7.70. The Labute approximate surface area is 93.4 Å². The lowest BCUT2D eigenvalue weighted by molar-refractivity contribution is -0.140. The summed E-state index contributed by atoms with van der Waals surface area (Å²) >= 11 is 0. The molecule has 0 unspecified atom stereocenters. The minimum absolute atomic E-state index is 0.190. The first kappa shape index (κ1) is 10.5. The van der Waals surface area contributed by atoms with Crippen LogP contribution in [0, 0.1) is 0 Å². The van der Waals surface area contributed by atoms with Gasteiger partial charge in [-0.2, -0.15) is 0 Å². The lowest BCUT2D eigenvalue weighted by atomic mass is 10.1. The lowest BCUT2D eigenvalue weighted by Crippen LogP contribution is -2.01. The van der Waals surface area contributed by atoms with Crippen LogP contribution in [0.1, 0.15) is 12.0 Å². The molecule has 0 amide bonds. The predicted octanol–water partition coefficient (Wildman–Crippen LogP) is 1.86. The zero-order valence-corrected chi connectivity index (χ0v) is 9.12. The van der Waals surface area contributed by atoms with Crippen molar-refractivity contribution in [2.24, 2.45) is 0 Å². The molecule has 0 spiro atoms. The first-order valence-corrected chi connectivity index (χ1v) is 5.13. The van der Waals surface area contributed by atoms with E-state index >= 15 is 0 Å². The van der Waals surface area contributed by atoms with Crippen LogP contribution < -0.4 is 5.73 Å². The Hall–Kier alpha value is -1.97. The molecule has 0 aliphatic carbocycles. The molecule has 0 fully saturated rings. The standard InChI is InChI=1S/C12H14N2O2/c1-16-12(15)5-2-8-7-14-11-6-9(13)3-4-10(8)11/h3-4,6-7,14H,2,5,13H2,1H3. The van der Waals surface area contributed by atoms with Gasteiger partial charge in [0.1, 0.15) is 0 Å². The second kappa shape index (κ2) is 4.26. The third-order valence-electron chi connectivity index (χ3n) is 2.62. The van der Waals surface area contributed by atoms with Gasteiger partial charge >= 0.3 is 5.97 Å². The second-order valence-corrected chi connectivity index (χ2v) is 3.70. The van der Waals surface area contributed by atoms with Gasteiger partial charge in [-0.05, 0) is 24.1 Å². The highest BCUT2D eigenvalue weighted by Gasteiger charge is 2.06. The molecule has 2 rings (SSSR count). The van der Waals surface area contributed by atoms with Gasteiger partial charge in [-0.25, -0.2) is 0 Å². The number of aryl methyl sites for hydroxylation is 1. The molecule has 0 aliphatic heterocycles. The zero-order chi connectivity index (χ0) is 11.5. The number of hydrogen-bond donors (Lipinski definition) is 2. The highest BCUT2D eigenvalue weighted by molar-refractivity contribution is 5.86. The Balaban J connectivity index is 2.22. The molecule has 0 atom stereocenters. The van der Waals surface area contributed by atoms with E-state index in [4.69, 9.17) is 5.73 Å². The number of H-pyrrole nitrogens is 1. The quantitative estimate of drug-likeness (QED) is 0.610. The van der Waals surface area contributed by atoms with Gasteiger partial charge < -0.3 is 15.5 Å². The van der Waals surface area contributed by atoms with E-state index in [0.29, 0.717) is 12.8 Å². The number of nitrogens with one attached hydrogen (secondary N) is 1. The van der Waals surface area contributed by atoms with Gasteiger partial charge in [0.05, 0.1) is 7.11 Å². The number of aromatic amines is 1. The molecule has 3 N–H and O–H groups in total. The fourth-order valence-electron chi connectivity index (χ4n) is 1.75. The number of nitrogen functional groups attached to an aromatic ring is 1. The Kier molecular flexibility index (Phi) is 2.81. The molecular formula is C12H14N2O2. The molecule has 1 aromatic carbocycles. The summed E-state index contributed by atoms with van der Waals surface area (Å²) in [5.41, 5.74) is 8.52. The van der Waals surface area contributed by atoms with Gasteiger partial charge in [0.2, 0.25) is 0 Å². The van der Waals surface area contributed by atoms with Crippen LogP contribution in [0.25, 0.3) is 10.9 Å². The molecule has 1 aromatic heterocycles. The van der Waals surface area contributed by atoms with Crippen LogP contribution in [-0.2, 0) is 16.0 Å². The van der Waals surface area contributed by atoms with Crippen LogP contribution in [0.3, 0.4) is 0 Å². The summed E-state index contributed by atoms with van der Waals surface area (Å²) in [6.07, 6.45) is 2.98. The maximum Gasteiger partial charge on any atom is 0.305 e. The maximum absolute atomic E-state index is 11.0. The second-order valence-electron chi connectivity index (χ2n) is 3.70. The molecule has 0 aliphatic rings. The third-order valence-corrected chi connectivity index (χ3v) is 2.62. The van der Waals surface area contributed by atoms with Gasteiger partial charge in [-0.1, -0.05) is 6.07 Å². The van der Waals surface area contributed by atoms with Gasteiger partial charge in [0, 0.05) is 29.2 Å². The zero-order valence-electron chi connectivity index (χ0n) is 9.12. The highest BCUT2D eigenvalue weighted by atomic mass is 16.5. The summed E-state index contributed by atoms with van der Waals surface area (Å²) in [5, 5.41) is 1.11. The number of nitrogens with two attached hydrogens (primary N) is 1. The van der Waals surface area contributed by atoms with E-state index in [1.165, 1.54) is 7.11 Å². The normalized spacial score (nSPS) is 10.6. The molecule has 84 valence electrons. The summed E-state index contributed by atoms with van der Waals surface area (Å²) in [6, 6.07) is 5.71. The molecule has 16 heavy (non-hydrogen) atoms. The number of carbonyl (C=O) groups excluding carboxylic acids is 1. The van der Waals surface area contributed by atoms with Crippen LogP contribution in [-0.4, -0.2) is 18.1 Å². The largest absolute Gasteiger partial charge is 0.469 e. The molecule has 4 nitrogen and oxygen atoms in total. The number of carbonyl (C=O) groups is 1. The van der Waals surface area contributed by atoms with E-state index in [9.17, 15) is 4.79 Å². The number of methoxy groups -OCH3 is 1. The predicted molar refractivity (Wildman–Crippen MR) is 63.0 cm³/mol. The van der Waals surface area contributed by atoms with Crippen molar-refractivity contribution in [3.05, 3.63) is 30.0 Å². The number of benzene rings is 1. The average molecular weight is 218 g/mol. The molecule has 0 radical (unpaired) electrons. The minimum Gasteiger partial charge on any atom is -0.469 e. The summed E-state index contributed by atoms with van der Waals surface area (Å²) in [5.74, 6) is -0.190. The number of hydrogen-bond acceptors (Lipinski definition) is 3. The maximum atomic E-state index is 11.0. The number of anilines is 1. The number of ether oxygens (including phenoxy) is 1. The average Bonchev–Trinajstić information content (AvgIpc) is 2.68. The third kappa shape index (κ3) is 2.00. The van der Waals surface area contributed by atoms with Crippen LogP contribution >= 0.6 is 0 Å². The van der Waals surface area contributed by atoms with Crippen molar-refractivity contribution in [3.63, 3.8) is 0 Å². The Morgan fingerprint density at radius 3 is 3.06 bits per heavy atom. The first-order valence-electron chi connectivity index (χ1n) is 5.13. The Bertz CT molecular complexity index is 517. The molecule has 2 aromatic rings. The fourth-order valence-corrected chi connectivity index (χ4v) is 1.75. The van der Waals surface area contributed by atoms with Crippen LogP contribution in [0.5, 0.6) is 0 Å². The summed E-state index contributed by atoms with van der Waals surface area (Å²) in [7, 11) is 1.40. The van der Waals surface area contributed by atoms with Crippen molar-refractivity contribution in [1.82, 2.24) is 4.98 Å². The number of rotatable bonds is 3. The van der Waals surface area contributed by atoms with E-state index < -0.39 is 0 Å². The van der Waals surface area contributed by atoms with Crippen molar-refractivity contribution in [2.75, 3.05) is 12.8 Å². The van der Waals surface area contributed by atoms with E-state index in [2.05, 4.69) is 9.72 Å². The molecule has 0 saturated carbocycles. The SMILES string of the molecule is COC(=O)CCc1c[nH]c2cc(N)ccc12. The van der Waals surface area contributed by atoms with E-state index in [1.54, 1.807) is 0 Å². The number of esters is 1. The smallest absolute Gasteiger partial charge is 0.305 e. The van der Waals surface area contributed by atoms with Crippen molar-refractivity contribution in [3.8, 4) is 0 Å². The van der Waals surface area contributed by atoms with Crippen molar-refractivity contribution in [1.29, 1.82) is 0 Å². The van der Waals surface area contributed by atoms with E-state index in [1.807, 2.05) is 24.4 Å². The van der Waals surface area contributed by atoms with Crippen molar-refractivity contribution < 1.29 is 9.53 Å². The van der Waals surface area contributed by atoms with E-state index in [0.717, 1.165) is 22.2 Å². The summed E-state index contributed by atoms with van der Waals surface area (Å²) in [6.45, 7) is 0. The molecular weight excluding hydrogens is 204 g/mol. The topological polar surface area (TPSA) is 68.1 Å². The Morgan fingerprint density at radius 2 is 2.31 bits per heavy atom. The number of aromatic nitrogens is 1. The molecule has 1 heterocycles. The number of fused-ring (bicyclic) bond motifs is 1. The van der Waals surface area contributed by atoms with Crippen LogP contribution in [0.4, 0.5) is 5.69 Å². The van der Waals surface area contributed by atoms with Gasteiger partial charge in [-0.3, -0.25) is 4.79 Å². The fraction of sp³-hybridized carbons (Fsp3) is 0.250. The van der Waals surface area contributed by atoms with Crippen molar-refractivity contribution in [2.45, 2.75) is 12.8 Å². The van der Waals surface area contributed by atoms with Gasteiger partial charge in [-0.15, -0.1) is 0 Å². The minimum atomic E-state index is -0.190. The highest BCUT2D eigenvalue weighted by Crippen LogP contribution is 2.21.